The Balaban J connectivity index is 2.15. The summed E-state index contributed by atoms with van der Waals surface area (Å²) in [5.74, 6) is 1.01. The number of hydrogen-bond donors (Lipinski definition) is 2. The molecule has 1 aromatic rings. The van der Waals surface area contributed by atoms with Crippen molar-refractivity contribution in [3.8, 4) is 5.75 Å². The second kappa shape index (κ2) is 9.26. The van der Waals surface area contributed by atoms with E-state index >= 15 is 0 Å². The van der Waals surface area contributed by atoms with Crippen molar-refractivity contribution in [3.05, 3.63) is 28.8 Å². The van der Waals surface area contributed by atoms with E-state index < -0.39 is 0 Å². The van der Waals surface area contributed by atoms with E-state index in [-0.39, 0.29) is 6.61 Å². The lowest BCUT2D eigenvalue weighted by atomic mass is 9.92. The maximum atomic E-state index is 8.89. The van der Waals surface area contributed by atoms with Gasteiger partial charge in [0.15, 0.2) is 0 Å². The van der Waals surface area contributed by atoms with Crippen molar-refractivity contribution >= 4 is 0 Å². The molecular weight excluding hydrogens is 288 g/mol. The minimum atomic E-state index is 0.236. The SMILES string of the molecule is CCCN1Cc2cc(OCC)c(CNCCCO)cc2CC1C. The van der Waals surface area contributed by atoms with Crippen LogP contribution in [0.15, 0.2) is 12.1 Å². The summed E-state index contributed by atoms with van der Waals surface area (Å²) in [6.45, 7) is 11.4. The van der Waals surface area contributed by atoms with E-state index in [4.69, 9.17) is 9.84 Å². The van der Waals surface area contributed by atoms with Crippen LogP contribution < -0.4 is 10.1 Å². The lowest BCUT2D eigenvalue weighted by molar-refractivity contribution is 0.184. The number of fused-ring (bicyclic) bond motifs is 1. The standard InChI is InChI=1S/C19H32N2O2/c1-4-8-21-14-18-12-19(23-5-2)17(13-20-7-6-9-22)11-16(18)10-15(21)3/h11-12,15,20,22H,4-10,13-14H2,1-3H3. The molecule has 0 aliphatic carbocycles. The summed E-state index contributed by atoms with van der Waals surface area (Å²) in [5, 5.41) is 12.3. The van der Waals surface area contributed by atoms with Crippen LogP contribution in [0.4, 0.5) is 0 Å². The molecule has 1 aliphatic heterocycles. The van der Waals surface area contributed by atoms with Gasteiger partial charge in [-0.05, 0) is 63.4 Å². The highest BCUT2D eigenvalue weighted by Crippen LogP contribution is 2.30. The van der Waals surface area contributed by atoms with Crippen LogP contribution in [0.1, 0.15) is 50.3 Å². The summed E-state index contributed by atoms with van der Waals surface area (Å²) in [6, 6.07) is 5.18. The van der Waals surface area contributed by atoms with Crippen LogP contribution in [0.25, 0.3) is 0 Å². The molecule has 1 atom stereocenters. The third kappa shape index (κ3) is 4.93. The lowest BCUT2D eigenvalue weighted by Crippen LogP contribution is -2.38. The molecule has 1 heterocycles. The topological polar surface area (TPSA) is 44.7 Å². The Morgan fingerprint density at radius 3 is 2.83 bits per heavy atom. The Bertz CT molecular complexity index is 491. The van der Waals surface area contributed by atoms with Gasteiger partial charge in [-0.1, -0.05) is 13.0 Å². The van der Waals surface area contributed by atoms with Gasteiger partial charge in [0.2, 0.25) is 0 Å². The number of nitrogens with zero attached hydrogens (tertiary/aromatic N) is 1. The van der Waals surface area contributed by atoms with Crippen molar-refractivity contribution in [2.75, 3.05) is 26.3 Å². The van der Waals surface area contributed by atoms with Gasteiger partial charge in [0.25, 0.3) is 0 Å². The average molecular weight is 320 g/mol. The Labute approximate surface area is 140 Å². The van der Waals surface area contributed by atoms with E-state index in [0.29, 0.717) is 12.6 Å². The van der Waals surface area contributed by atoms with E-state index in [1.165, 1.54) is 23.1 Å². The highest BCUT2D eigenvalue weighted by Gasteiger charge is 2.23. The molecule has 0 radical (unpaired) electrons. The molecule has 0 fully saturated rings. The average Bonchev–Trinajstić information content (AvgIpc) is 2.53. The van der Waals surface area contributed by atoms with Crippen molar-refractivity contribution in [1.29, 1.82) is 0 Å². The van der Waals surface area contributed by atoms with Gasteiger partial charge in [-0.15, -0.1) is 0 Å². The zero-order chi connectivity index (χ0) is 16.7. The lowest BCUT2D eigenvalue weighted by Gasteiger charge is -2.35. The number of aliphatic hydroxyl groups is 1. The molecule has 0 saturated heterocycles. The maximum Gasteiger partial charge on any atom is 0.124 e. The largest absolute Gasteiger partial charge is 0.494 e. The molecule has 0 bridgehead atoms. The van der Waals surface area contributed by atoms with Gasteiger partial charge < -0.3 is 15.2 Å². The number of ether oxygens (including phenoxy) is 1. The Hall–Kier alpha value is -1.10. The quantitative estimate of drug-likeness (QED) is 0.687. The predicted molar refractivity (Wildman–Crippen MR) is 94.9 cm³/mol. The predicted octanol–water partition coefficient (Wildman–Crippen LogP) is 2.71. The molecular formula is C19H32N2O2. The second-order valence-electron chi connectivity index (χ2n) is 6.44. The fourth-order valence-electron chi connectivity index (χ4n) is 3.32. The highest BCUT2D eigenvalue weighted by atomic mass is 16.5. The fraction of sp³-hybridized carbons (Fsp3) is 0.684. The van der Waals surface area contributed by atoms with Crippen molar-refractivity contribution in [2.45, 2.75) is 59.2 Å². The summed E-state index contributed by atoms with van der Waals surface area (Å²) in [4.78, 5) is 2.57. The Kier molecular flexibility index (Phi) is 7.34. The van der Waals surface area contributed by atoms with Crippen LogP contribution in [0, 0.1) is 0 Å². The normalized spacial score (nSPS) is 18.0. The summed E-state index contributed by atoms with van der Waals surface area (Å²) in [6.07, 6.45) is 3.11. The molecule has 1 aromatic carbocycles. The van der Waals surface area contributed by atoms with Gasteiger partial charge in [-0.25, -0.2) is 0 Å². The summed E-state index contributed by atoms with van der Waals surface area (Å²) in [5.41, 5.74) is 4.12. The molecule has 1 unspecified atom stereocenters. The van der Waals surface area contributed by atoms with E-state index in [1.807, 2.05) is 6.92 Å². The highest BCUT2D eigenvalue weighted by molar-refractivity contribution is 5.44. The number of aliphatic hydroxyl groups excluding tert-OH is 1. The first-order valence-corrected chi connectivity index (χ1v) is 9.02. The molecule has 2 N–H and O–H groups in total. The minimum absolute atomic E-state index is 0.236. The first-order valence-electron chi connectivity index (χ1n) is 9.02. The van der Waals surface area contributed by atoms with Gasteiger partial charge in [-0.3, -0.25) is 4.90 Å². The van der Waals surface area contributed by atoms with Gasteiger partial charge in [0, 0.05) is 31.3 Å². The Morgan fingerprint density at radius 1 is 1.30 bits per heavy atom. The van der Waals surface area contributed by atoms with E-state index in [1.54, 1.807) is 0 Å². The monoisotopic (exact) mass is 320 g/mol. The first kappa shape index (κ1) is 18.2. The number of hydrogen-bond acceptors (Lipinski definition) is 4. The molecule has 23 heavy (non-hydrogen) atoms. The van der Waals surface area contributed by atoms with Crippen molar-refractivity contribution in [1.82, 2.24) is 10.2 Å². The van der Waals surface area contributed by atoms with Gasteiger partial charge in [-0.2, -0.15) is 0 Å². The van der Waals surface area contributed by atoms with Crippen LogP contribution in [0.2, 0.25) is 0 Å². The fourth-order valence-corrected chi connectivity index (χ4v) is 3.32. The third-order valence-electron chi connectivity index (χ3n) is 4.53. The minimum Gasteiger partial charge on any atom is -0.494 e. The van der Waals surface area contributed by atoms with Crippen molar-refractivity contribution in [3.63, 3.8) is 0 Å². The first-order chi connectivity index (χ1) is 11.2. The van der Waals surface area contributed by atoms with Gasteiger partial charge >= 0.3 is 0 Å². The smallest absolute Gasteiger partial charge is 0.124 e. The van der Waals surface area contributed by atoms with E-state index in [2.05, 4.69) is 36.2 Å². The molecule has 0 amide bonds. The summed E-state index contributed by atoms with van der Waals surface area (Å²) in [7, 11) is 0. The molecule has 1 aliphatic rings. The molecule has 0 aromatic heterocycles. The molecule has 4 heteroatoms. The third-order valence-corrected chi connectivity index (χ3v) is 4.53. The molecule has 4 nitrogen and oxygen atoms in total. The van der Waals surface area contributed by atoms with Crippen LogP contribution >= 0.6 is 0 Å². The zero-order valence-corrected chi connectivity index (χ0v) is 14.9. The number of rotatable bonds is 9. The summed E-state index contributed by atoms with van der Waals surface area (Å²) >= 11 is 0. The van der Waals surface area contributed by atoms with Crippen LogP contribution in [0.3, 0.4) is 0 Å². The molecule has 0 spiro atoms. The van der Waals surface area contributed by atoms with Gasteiger partial charge in [0.1, 0.15) is 5.75 Å². The molecule has 130 valence electrons. The Morgan fingerprint density at radius 2 is 2.13 bits per heavy atom. The molecule has 0 saturated carbocycles. The zero-order valence-electron chi connectivity index (χ0n) is 14.9. The van der Waals surface area contributed by atoms with Crippen LogP contribution in [0.5, 0.6) is 5.75 Å². The summed E-state index contributed by atoms with van der Waals surface area (Å²) < 4.78 is 5.87. The van der Waals surface area contributed by atoms with E-state index in [0.717, 1.165) is 44.8 Å². The number of nitrogens with one attached hydrogen (secondary N) is 1. The van der Waals surface area contributed by atoms with Gasteiger partial charge in [0.05, 0.1) is 6.61 Å². The van der Waals surface area contributed by atoms with Crippen LogP contribution in [-0.4, -0.2) is 42.4 Å². The van der Waals surface area contributed by atoms with Crippen molar-refractivity contribution in [2.24, 2.45) is 0 Å². The molecule has 2 rings (SSSR count). The van der Waals surface area contributed by atoms with E-state index in [9.17, 15) is 0 Å². The van der Waals surface area contributed by atoms with Crippen LogP contribution in [-0.2, 0) is 19.5 Å². The number of benzene rings is 1. The second-order valence-corrected chi connectivity index (χ2v) is 6.44. The maximum absolute atomic E-state index is 8.89. The van der Waals surface area contributed by atoms with Crippen molar-refractivity contribution < 1.29 is 9.84 Å².